The van der Waals surface area contributed by atoms with E-state index in [9.17, 15) is 0 Å². The fourth-order valence-electron chi connectivity index (χ4n) is 2.80. The van der Waals surface area contributed by atoms with E-state index in [1.165, 1.54) is 0 Å². The highest BCUT2D eigenvalue weighted by Gasteiger charge is 2.33. The number of methoxy groups -OCH3 is 2. The first kappa shape index (κ1) is 16.0. The number of ether oxygens (including phenoxy) is 2. The van der Waals surface area contributed by atoms with Crippen molar-refractivity contribution in [2.45, 2.75) is 39.8 Å². The maximum absolute atomic E-state index is 5.57. The van der Waals surface area contributed by atoms with Crippen molar-refractivity contribution in [2.75, 3.05) is 32.2 Å². The van der Waals surface area contributed by atoms with Crippen molar-refractivity contribution in [3.63, 3.8) is 0 Å². The van der Waals surface area contributed by atoms with E-state index < -0.39 is 0 Å². The highest BCUT2D eigenvalue weighted by molar-refractivity contribution is 5.62. The number of anilines is 1. The first-order valence-electron chi connectivity index (χ1n) is 7.59. The van der Waals surface area contributed by atoms with Crippen molar-refractivity contribution in [1.29, 1.82) is 0 Å². The predicted octanol–water partition coefficient (Wildman–Crippen LogP) is 2.92. The van der Waals surface area contributed by atoms with E-state index in [0.717, 1.165) is 30.3 Å². The molecule has 0 aromatic heterocycles. The number of rotatable bonds is 3. The second-order valence-electron chi connectivity index (χ2n) is 6.87. The monoisotopic (exact) mass is 292 g/mol. The lowest BCUT2D eigenvalue weighted by atomic mass is 9.84. The summed E-state index contributed by atoms with van der Waals surface area (Å²) in [6, 6.07) is 6.94. The highest BCUT2D eigenvalue weighted by Crippen LogP contribution is 2.35. The summed E-state index contributed by atoms with van der Waals surface area (Å²) in [4.78, 5) is 2.44. The largest absolute Gasteiger partial charge is 0.497 e. The summed E-state index contributed by atoms with van der Waals surface area (Å²) < 4.78 is 10.9. The molecule has 2 atom stereocenters. The minimum atomic E-state index is 0.234. The Morgan fingerprint density at radius 1 is 1.19 bits per heavy atom. The van der Waals surface area contributed by atoms with Gasteiger partial charge in [-0.1, -0.05) is 20.8 Å². The van der Waals surface area contributed by atoms with Gasteiger partial charge in [-0.25, -0.2) is 0 Å². The van der Waals surface area contributed by atoms with Gasteiger partial charge in [0, 0.05) is 31.2 Å². The number of hydrogen-bond acceptors (Lipinski definition) is 4. The summed E-state index contributed by atoms with van der Waals surface area (Å²) in [6.07, 6.45) is 0. The Bertz CT molecular complexity index is 482. The maximum Gasteiger partial charge on any atom is 0.145 e. The zero-order valence-electron chi connectivity index (χ0n) is 14.1. The van der Waals surface area contributed by atoms with Gasteiger partial charge in [0.05, 0.1) is 19.9 Å². The van der Waals surface area contributed by atoms with Crippen molar-refractivity contribution in [3.8, 4) is 11.5 Å². The molecule has 1 aromatic carbocycles. The molecule has 1 saturated heterocycles. The van der Waals surface area contributed by atoms with Gasteiger partial charge in [0.1, 0.15) is 11.5 Å². The molecule has 1 N–H and O–H groups in total. The van der Waals surface area contributed by atoms with Gasteiger partial charge < -0.3 is 19.7 Å². The van der Waals surface area contributed by atoms with Crippen molar-refractivity contribution >= 4 is 5.69 Å². The number of benzene rings is 1. The van der Waals surface area contributed by atoms with Crippen LogP contribution in [0.4, 0.5) is 5.69 Å². The lowest BCUT2D eigenvalue weighted by Gasteiger charge is -2.45. The van der Waals surface area contributed by atoms with Gasteiger partial charge in [0.25, 0.3) is 0 Å². The van der Waals surface area contributed by atoms with Crippen LogP contribution in [0.3, 0.4) is 0 Å². The molecule has 4 heteroatoms. The fourth-order valence-corrected chi connectivity index (χ4v) is 2.80. The number of piperazine rings is 1. The van der Waals surface area contributed by atoms with Gasteiger partial charge in [-0.3, -0.25) is 0 Å². The molecule has 0 saturated carbocycles. The zero-order valence-corrected chi connectivity index (χ0v) is 14.1. The lowest BCUT2D eigenvalue weighted by Crippen LogP contribution is -2.59. The van der Waals surface area contributed by atoms with Crippen molar-refractivity contribution in [2.24, 2.45) is 5.41 Å². The van der Waals surface area contributed by atoms with Gasteiger partial charge in [-0.15, -0.1) is 0 Å². The molecule has 1 aliphatic rings. The Hall–Kier alpha value is -1.42. The van der Waals surface area contributed by atoms with E-state index >= 15 is 0 Å². The third-order valence-electron chi connectivity index (χ3n) is 4.31. The Morgan fingerprint density at radius 3 is 2.48 bits per heavy atom. The molecular weight excluding hydrogens is 264 g/mol. The van der Waals surface area contributed by atoms with E-state index in [-0.39, 0.29) is 5.41 Å². The van der Waals surface area contributed by atoms with E-state index in [4.69, 9.17) is 9.47 Å². The Labute approximate surface area is 128 Å². The van der Waals surface area contributed by atoms with Crippen LogP contribution in [0.1, 0.15) is 27.7 Å². The number of nitrogens with one attached hydrogen (secondary N) is 1. The number of hydrogen-bond donors (Lipinski definition) is 1. The molecule has 21 heavy (non-hydrogen) atoms. The Balaban J connectivity index is 2.30. The van der Waals surface area contributed by atoms with Crippen molar-refractivity contribution in [3.05, 3.63) is 18.2 Å². The molecule has 0 aliphatic carbocycles. The minimum Gasteiger partial charge on any atom is -0.497 e. The summed E-state index contributed by atoms with van der Waals surface area (Å²) in [7, 11) is 3.39. The van der Waals surface area contributed by atoms with Crippen molar-refractivity contribution in [1.82, 2.24) is 5.32 Å². The second-order valence-corrected chi connectivity index (χ2v) is 6.87. The number of nitrogens with zero attached hydrogens (tertiary/aromatic N) is 1. The first-order chi connectivity index (χ1) is 9.86. The Morgan fingerprint density at radius 2 is 1.90 bits per heavy atom. The lowest BCUT2D eigenvalue weighted by molar-refractivity contribution is 0.238. The van der Waals surface area contributed by atoms with Crippen LogP contribution in [-0.2, 0) is 0 Å². The smallest absolute Gasteiger partial charge is 0.145 e. The summed E-state index contributed by atoms with van der Waals surface area (Å²) >= 11 is 0. The molecule has 0 amide bonds. The quantitative estimate of drug-likeness (QED) is 0.929. The Kier molecular flexibility index (Phi) is 4.67. The summed E-state index contributed by atoms with van der Waals surface area (Å²) in [5.74, 6) is 1.70. The minimum absolute atomic E-state index is 0.234. The van der Waals surface area contributed by atoms with Gasteiger partial charge in [0.15, 0.2) is 0 Å². The molecule has 1 aliphatic heterocycles. The van der Waals surface area contributed by atoms with E-state index in [1.807, 2.05) is 12.1 Å². The standard InChI is InChI=1S/C17H28N2O2/c1-12-10-18-16(17(2,3)4)11-19(12)14-8-7-13(20-5)9-15(14)21-6/h7-9,12,16,18H,10-11H2,1-6H3. The third kappa shape index (κ3) is 3.43. The van der Waals surface area contributed by atoms with Crippen LogP contribution in [0.5, 0.6) is 11.5 Å². The van der Waals surface area contributed by atoms with Crippen LogP contribution in [-0.4, -0.2) is 39.4 Å². The van der Waals surface area contributed by atoms with Gasteiger partial charge in [-0.05, 0) is 24.5 Å². The molecule has 1 aromatic rings. The zero-order chi connectivity index (χ0) is 15.6. The molecule has 4 nitrogen and oxygen atoms in total. The predicted molar refractivity (Wildman–Crippen MR) is 87.6 cm³/mol. The van der Waals surface area contributed by atoms with Crippen LogP contribution in [0.15, 0.2) is 18.2 Å². The molecule has 0 bridgehead atoms. The topological polar surface area (TPSA) is 33.7 Å². The average molecular weight is 292 g/mol. The molecule has 1 fully saturated rings. The summed E-state index contributed by atoms with van der Waals surface area (Å²) in [5.41, 5.74) is 1.37. The van der Waals surface area contributed by atoms with E-state index in [2.05, 4.69) is 44.0 Å². The SMILES string of the molecule is COc1ccc(N2CC(C(C)(C)C)NCC2C)c(OC)c1. The van der Waals surface area contributed by atoms with Crippen LogP contribution >= 0.6 is 0 Å². The first-order valence-corrected chi connectivity index (χ1v) is 7.59. The third-order valence-corrected chi connectivity index (χ3v) is 4.31. The van der Waals surface area contributed by atoms with Crippen LogP contribution < -0.4 is 19.7 Å². The van der Waals surface area contributed by atoms with E-state index in [1.54, 1.807) is 14.2 Å². The van der Waals surface area contributed by atoms with Gasteiger partial charge >= 0.3 is 0 Å². The average Bonchev–Trinajstić information content (AvgIpc) is 2.46. The maximum atomic E-state index is 5.57. The summed E-state index contributed by atoms with van der Waals surface area (Å²) in [6.45, 7) is 11.1. The molecule has 2 unspecified atom stereocenters. The fraction of sp³-hybridized carbons (Fsp3) is 0.647. The molecule has 0 radical (unpaired) electrons. The molecule has 118 valence electrons. The van der Waals surface area contributed by atoms with Gasteiger partial charge in [-0.2, -0.15) is 0 Å². The molecule has 2 rings (SSSR count). The summed E-state index contributed by atoms with van der Waals surface area (Å²) in [5, 5.41) is 3.66. The van der Waals surface area contributed by atoms with Crippen LogP contribution in [0.25, 0.3) is 0 Å². The molecular formula is C17H28N2O2. The van der Waals surface area contributed by atoms with Crippen LogP contribution in [0.2, 0.25) is 0 Å². The molecule has 1 heterocycles. The van der Waals surface area contributed by atoms with E-state index in [0.29, 0.717) is 12.1 Å². The van der Waals surface area contributed by atoms with Crippen molar-refractivity contribution < 1.29 is 9.47 Å². The second kappa shape index (κ2) is 6.14. The normalized spacial score (nSPS) is 23.0. The van der Waals surface area contributed by atoms with Crippen LogP contribution in [0, 0.1) is 5.41 Å². The van der Waals surface area contributed by atoms with Gasteiger partial charge in [0.2, 0.25) is 0 Å². The molecule has 0 spiro atoms. The highest BCUT2D eigenvalue weighted by atomic mass is 16.5.